The van der Waals surface area contributed by atoms with Gasteiger partial charge in [0, 0.05) is 30.7 Å². The van der Waals surface area contributed by atoms with Crippen LogP contribution in [0.15, 0.2) is 47.1 Å². The largest absolute Gasteiger partial charge is 0.467 e. The monoisotopic (exact) mass is 372 g/mol. The number of benzene rings is 1. The summed E-state index contributed by atoms with van der Waals surface area (Å²) in [5.74, 6) is -1.38. The molecule has 1 saturated heterocycles. The van der Waals surface area contributed by atoms with Gasteiger partial charge in [-0.2, -0.15) is 0 Å². The molecule has 1 aliphatic heterocycles. The van der Waals surface area contributed by atoms with Crippen molar-refractivity contribution in [2.45, 2.75) is 13.0 Å². The van der Waals surface area contributed by atoms with Gasteiger partial charge in [0.15, 0.2) is 0 Å². The van der Waals surface area contributed by atoms with Crippen LogP contribution in [0.25, 0.3) is 0 Å². The van der Waals surface area contributed by atoms with Gasteiger partial charge in [0.2, 0.25) is 11.8 Å². The fourth-order valence-corrected chi connectivity index (χ4v) is 2.74. The lowest BCUT2D eigenvalue weighted by Gasteiger charge is -2.15. The highest BCUT2D eigenvalue weighted by Crippen LogP contribution is 2.20. The number of rotatable bonds is 5. The van der Waals surface area contributed by atoms with Gasteiger partial charge in [0.25, 0.3) is 11.6 Å². The highest BCUT2D eigenvalue weighted by atomic mass is 16.6. The van der Waals surface area contributed by atoms with Crippen molar-refractivity contribution in [3.8, 4) is 0 Å². The van der Waals surface area contributed by atoms with Gasteiger partial charge >= 0.3 is 0 Å². The van der Waals surface area contributed by atoms with Gasteiger partial charge < -0.3 is 9.32 Å². The van der Waals surface area contributed by atoms with Gasteiger partial charge in [0.1, 0.15) is 5.76 Å². The molecular weight excluding hydrogens is 356 g/mol. The van der Waals surface area contributed by atoms with E-state index in [0.29, 0.717) is 5.76 Å². The second-order valence-corrected chi connectivity index (χ2v) is 6.01. The number of non-ortho nitro benzene ring substituents is 1. The number of furan rings is 1. The SMILES string of the molecule is O=C(NNC(=O)C1CC(=O)N(Cc2ccco2)C1)c1cccc([N+](=O)[O-])c1. The summed E-state index contributed by atoms with van der Waals surface area (Å²) in [4.78, 5) is 47.9. The number of amides is 3. The Balaban J connectivity index is 1.53. The van der Waals surface area contributed by atoms with Gasteiger partial charge in [-0.1, -0.05) is 6.07 Å². The molecule has 3 amide bonds. The summed E-state index contributed by atoms with van der Waals surface area (Å²) in [6.45, 7) is 0.480. The summed E-state index contributed by atoms with van der Waals surface area (Å²) in [6, 6.07) is 8.57. The van der Waals surface area contributed by atoms with E-state index in [0.717, 1.165) is 6.07 Å². The third kappa shape index (κ3) is 4.29. The van der Waals surface area contributed by atoms with E-state index in [1.54, 1.807) is 12.1 Å². The van der Waals surface area contributed by atoms with Crippen LogP contribution in [0.2, 0.25) is 0 Å². The molecule has 2 N–H and O–H groups in total. The number of carbonyl (C=O) groups excluding carboxylic acids is 3. The number of nitrogens with one attached hydrogen (secondary N) is 2. The Bertz CT molecular complexity index is 879. The molecule has 0 spiro atoms. The molecule has 0 saturated carbocycles. The Hall–Kier alpha value is -3.69. The second kappa shape index (κ2) is 7.68. The van der Waals surface area contributed by atoms with Crippen molar-refractivity contribution in [3.63, 3.8) is 0 Å². The van der Waals surface area contributed by atoms with Crippen LogP contribution < -0.4 is 10.9 Å². The summed E-state index contributed by atoms with van der Waals surface area (Å²) in [7, 11) is 0. The summed E-state index contributed by atoms with van der Waals surface area (Å²) < 4.78 is 5.19. The molecule has 1 aliphatic rings. The zero-order chi connectivity index (χ0) is 19.4. The molecule has 2 heterocycles. The number of nitro groups is 1. The van der Waals surface area contributed by atoms with Crippen molar-refractivity contribution >= 4 is 23.4 Å². The molecule has 1 fully saturated rings. The zero-order valence-electron chi connectivity index (χ0n) is 14.1. The van der Waals surface area contributed by atoms with E-state index < -0.39 is 22.7 Å². The van der Waals surface area contributed by atoms with E-state index in [9.17, 15) is 24.5 Å². The maximum atomic E-state index is 12.2. The Labute approximate surface area is 153 Å². The Kier molecular flexibility index (Phi) is 5.15. The molecule has 27 heavy (non-hydrogen) atoms. The maximum Gasteiger partial charge on any atom is 0.270 e. The molecule has 2 aromatic rings. The number of nitro benzene ring substituents is 1. The molecule has 10 heteroatoms. The van der Waals surface area contributed by atoms with Crippen LogP contribution in [-0.2, 0) is 16.1 Å². The molecule has 1 aromatic carbocycles. The van der Waals surface area contributed by atoms with E-state index in [1.165, 1.54) is 29.4 Å². The standard InChI is InChI=1S/C17H16N4O6/c22-15-8-12(9-20(15)10-14-5-2-6-27-14)17(24)19-18-16(23)11-3-1-4-13(7-11)21(25)26/h1-7,12H,8-10H2,(H,18,23)(H,19,24). The van der Waals surface area contributed by atoms with Crippen LogP contribution in [0.4, 0.5) is 5.69 Å². The third-order valence-corrected chi connectivity index (χ3v) is 4.13. The quantitative estimate of drug-likeness (QED) is 0.594. The fourth-order valence-electron chi connectivity index (χ4n) is 2.74. The van der Waals surface area contributed by atoms with Crippen LogP contribution in [0.5, 0.6) is 0 Å². The first-order valence-corrected chi connectivity index (χ1v) is 8.09. The number of likely N-dealkylation sites (tertiary alicyclic amines) is 1. The van der Waals surface area contributed by atoms with Gasteiger partial charge in [-0.05, 0) is 18.2 Å². The molecular formula is C17H16N4O6. The van der Waals surface area contributed by atoms with Gasteiger partial charge in [0.05, 0.1) is 23.6 Å². The molecule has 0 aliphatic carbocycles. The van der Waals surface area contributed by atoms with Crippen molar-refractivity contribution in [1.29, 1.82) is 0 Å². The predicted octanol–water partition coefficient (Wildman–Crippen LogP) is 0.997. The molecule has 1 unspecified atom stereocenters. The van der Waals surface area contributed by atoms with Crippen LogP contribution in [0, 0.1) is 16.0 Å². The normalized spacial score (nSPS) is 16.2. The van der Waals surface area contributed by atoms with Crippen molar-refractivity contribution < 1.29 is 23.7 Å². The van der Waals surface area contributed by atoms with E-state index >= 15 is 0 Å². The summed E-state index contributed by atoms with van der Waals surface area (Å²) in [6.07, 6.45) is 1.53. The first-order valence-electron chi connectivity index (χ1n) is 8.09. The first kappa shape index (κ1) is 18.1. The minimum atomic E-state index is -0.691. The number of hydrogen-bond donors (Lipinski definition) is 2. The maximum absolute atomic E-state index is 12.2. The van der Waals surface area contributed by atoms with Gasteiger partial charge in [-0.3, -0.25) is 35.3 Å². The molecule has 3 rings (SSSR count). The highest BCUT2D eigenvalue weighted by Gasteiger charge is 2.34. The minimum absolute atomic E-state index is 0.0270. The summed E-state index contributed by atoms with van der Waals surface area (Å²) in [5.41, 5.74) is 4.27. The number of hydrogen-bond acceptors (Lipinski definition) is 6. The topological polar surface area (TPSA) is 135 Å². The predicted molar refractivity (Wildman–Crippen MR) is 90.9 cm³/mol. The Morgan fingerprint density at radius 3 is 2.78 bits per heavy atom. The second-order valence-electron chi connectivity index (χ2n) is 6.01. The average Bonchev–Trinajstić information content (AvgIpc) is 3.30. The number of nitrogens with zero attached hydrogens (tertiary/aromatic N) is 2. The lowest BCUT2D eigenvalue weighted by Crippen LogP contribution is -2.45. The zero-order valence-corrected chi connectivity index (χ0v) is 14.1. The molecule has 1 aromatic heterocycles. The number of carbonyl (C=O) groups is 3. The summed E-state index contributed by atoms with van der Waals surface area (Å²) in [5, 5.41) is 10.8. The van der Waals surface area contributed by atoms with Gasteiger partial charge in [-0.25, -0.2) is 0 Å². The van der Waals surface area contributed by atoms with Crippen molar-refractivity contribution in [3.05, 3.63) is 64.1 Å². The molecule has 0 bridgehead atoms. The lowest BCUT2D eigenvalue weighted by molar-refractivity contribution is -0.384. The van der Waals surface area contributed by atoms with Crippen molar-refractivity contribution in [1.82, 2.24) is 15.8 Å². The highest BCUT2D eigenvalue weighted by molar-refractivity contribution is 5.96. The van der Waals surface area contributed by atoms with E-state index in [-0.39, 0.29) is 36.7 Å². The van der Waals surface area contributed by atoms with Gasteiger partial charge in [-0.15, -0.1) is 0 Å². The Morgan fingerprint density at radius 1 is 1.26 bits per heavy atom. The number of hydrazine groups is 1. The van der Waals surface area contributed by atoms with E-state index in [2.05, 4.69) is 10.9 Å². The molecule has 0 radical (unpaired) electrons. The smallest absolute Gasteiger partial charge is 0.270 e. The Morgan fingerprint density at radius 2 is 2.07 bits per heavy atom. The summed E-state index contributed by atoms with van der Waals surface area (Å²) >= 11 is 0. The van der Waals surface area contributed by atoms with Crippen molar-refractivity contribution in [2.24, 2.45) is 5.92 Å². The minimum Gasteiger partial charge on any atom is -0.467 e. The van der Waals surface area contributed by atoms with E-state index in [1.807, 2.05) is 0 Å². The molecule has 10 nitrogen and oxygen atoms in total. The van der Waals surface area contributed by atoms with E-state index in [4.69, 9.17) is 4.42 Å². The van der Waals surface area contributed by atoms with Crippen LogP contribution in [0.1, 0.15) is 22.5 Å². The molecule has 140 valence electrons. The first-order chi connectivity index (χ1) is 12.9. The fraction of sp³-hybridized carbons (Fsp3) is 0.235. The molecule has 1 atom stereocenters. The van der Waals surface area contributed by atoms with Crippen LogP contribution >= 0.6 is 0 Å². The van der Waals surface area contributed by atoms with Crippen molar-refractivity contribution in [2.75, 3.05) is 6.54 Å². The lowest BCUT2D eigenvalue weighted by atomic mass is 10.1. The van der Waals surface area contributed by atoms with Crippen LogP contribution in [-0.4, -0.2) is 34.1 Å². The average molecular weight is 372 g/mol. The van der Waals surface area contributed by atoms with Crippen LogP contribution in [0.3, 0.4) is 0 Å². The third-order valence-electron chi connectivity index (χ3n) is 4.13.